The van der Waals surface area contributed by atoms with Crippen molar-refractivity contribution in [2.75, 3.05) is 0 Å². The van der Waals surface area contributed by atoms with Crippen molar-refractivity contribution in [2.24, 2.45) is 0 Å². The van der Waals surface area contributed by atoms with Crippen LogP contribution in [0.15, 0.2) is 18.3 Å². The minimum Gasteiger partial charge on any atom is -0.261 e. The lowest BCUT2D eigenvalue weighted by Gasteiger charge is -1.99. The summed E-state index contributed by atoms with van der Waals surface area (Å²) in [5.74, 6) is 0. The maximum atomic E-state index is 8.12. The van der Waals surface area contributed by atoms with Crippen molar-refractivity contribution in [1.29, 1.82) is 0 Å². The average Bonchev–Trinajstić information content (AvgIpc) is 1.94. The Morgan fingerprint density at radius 3 is 3.10 bits per heavy atom. The first kappa shape index (κ1) is 7.18. The van der Waals surface area contributed by atoms with E-state index in [4.69, 9.17) is 5.26 Å². The van der Waals surface area contributed by atoms with Gasteiger partial charge in [-0.05, 0) is 13.0 Å². The van der Waals surface area contributed by atoms with E-state index < -0.39 is 0 Å². The third-order valence-electron chi connectivity index (χ3n) is 1.34. The topological polar surface area (TPSA) is 42.4 Å². The smallest absolute Gasteiger partial charge is 0.109 e. The molecular weight excluding hydrogens is 130 g/mol. The van der Waals surface area contributed by atoms with Crippen molar-refractivity contribution in [3.05, 3.63) is 29.6 Å². The maximum Gasteiger partial charge on any atom is 0.109 e. The van der Waals surface area contributed by atoms with Gasteiger partial charge in [-0.1, -0.05) is 6.07 Å². The molecule has 0 spiro atoms. The summed E-state index contributed by atoms with van der Waals surface area (Å²) in [6.07, 6.45) is 1.70. The van der Waals surface area contributed by atoms with E-state index in [2.05, 4.69) is 9.87 Å². The Labute approximate surface area is 59.2 Å². The predicted molar refractivity (Wildman–Crippen MR) is 36.4 cm³/mol. The van der Waals surface area contributed by atoms with Crippen molar-refractivity contribution in [3.63, 3.8) is 0 Å². The van der Waals surface area contributed by atoms with Crippen LogP contribution in [-0.2, 0) is 11.5 Å². The molecule has 1 aromatic rings. The van der Waals surface area contributed by atoms with Crippen LogP contribution < -0.4 is 0 Å². The highest BCUT2D eigenvalue weighted by atomic mass is 17.1. The van der Waals surface area contributed by atoms with Crippen LogP contribution in [0.3, 0.4) is 0 Å². The van der Waals surface area contributed by atoms with Gasteiger partial charge in [0.25, 0.3) is 0 Å². The Morgan fingerprint density at radius 2 is 2.50 bits per heavy atom. The van der Waals surface area contributed by atoms with Gasteiger partial charge in [0.2, 0.25) is 0 Å². The lowest BCUT2D eigenvalue weighted by Crippen LogP contribution is -1.93. The standard InChI is InChI=1S/C7H9NO2/c1-6-7(5-10-9)3-2-4-8-6/h2-4,9H,5H2,1H3. The Bertz CT molecular complexity index is 213. The van der Waals surface area contributed by atoms with Gasteiger partial charge in [-0.2, -0.15) is 0 Å². The van der Waals surface area contributed by atoms with Crippen molar-refractivity contribution in [2.45, 2.75) is 13.5 Å². The zero-order valence-corrected chi connectivity index (χ0v) is 5.74. The number of rotatable bonds is 2. The van der Waals surface area contributed by atoms with E-state index >= 15 is 0 Å². The molecule has 10 heavy (non-hydrogen) atoms. The van der Waals surface area contributed by atoms with Crippen LogP contribution in [0.2, 0.25) is 0 Å². The molecule has 0 radical (unpaired) electrons. The van der Waals surface area contributed by atoms with Crippen molar-refractivity contribution in [3.8, 4) is 0 Å². The maximum absolute atomic E-state index is 8.12. The molecular formula is C7H9NO2. The Hall–Kier alpha value is -0.930. The van der Waals surface area contributed by atoms with Crippen molar-refractivity contribution >= 4 is 0 Å². The number of aryl methyl sites for hydroxylation is 1. The van der Waals surface area contributed by atoms with Crippen molar-refractivity contribution in [1.82, 2.24) is 4.98 Å². The van der Waals surface area contributed by atoms with Gasteiger partial charge in [-0.15, -0.1) is 0 Å². The first-order chi connectivity index (χ1) is 4.84. The molecule has 1 aromatic heterocycles. The predicted octanol–water partition coefficient (Wildman–Crippen LogP) is 1.38. The van der Waals surface area contributed by atoms with Crippen LogP contribution >= 0.6 is 0 Å². The summed E-state index contributed by atoms with van der Waals surface area (Å²) in [5.41, 5.74) is 1.79. The zero-order chi connectivity index (χ0) is 7.40. The van der Waals surface area contributed by atoms with Gasteiger partial charge < -0.3 is 0 Å². The van der Waals surface area contributed by atoms with Gasteiger partial charge in [-0.25, -0.2) is 4.89 Å². The highest BCUT2D eigenvalue weighted by molar-refractivity contribution is 5.16. The number of nitrogens with zero attached hydrogens (tertiary/aromatic N) is 1. The SMILES string of the molecule is Cc1ncccc1COO. The zero-order valence-electron chi connectivity index (χ0n) is 5.74. The lowest BCUT2D eigenvalue weighted by molar-refractivity contribution is -0.253. The first-order valence-corrected chi connectivity index (χ1v) is 3.01. The van der Waals surface area contributed by atoms with E-state index in [-0.39, 0.29) is 6.61 Å². The molecule has 0 aliphatic rings. The molecule has 3 nitrogen and oxygen atoms in total. The average molecular weight is 139 g/mol. The van der Waals surface area contributed by atoms with E-state index in [0.717, 1.165) is 11.3 Å². The fourth-order valence-corrected chi connectivity index (χ4v) is 0.740. The molecule has 0 aliphatic carbocycles. The Morgan fingerprint density at radius 1 is 1.70 bits per heavy atom. The van der Waals surface area contributed by atoms with Gasteiger partial charge in [0, 0.05) is 17.5 Å². The second-order valence-corrected chi connectivity index (χ2v) is 2.02. The summed E-state index contributed by atoms with van der Waals surface area (Å²) in [7, 11) is 0. The number of hydrogen-bond acceptors (Lipinski definition) is 3. The monoisotopic (exact) mass is 139 g/mol. The van der Waals surface area contributed by atoms with E-state index in [1.54, 1.807) is 12.3 Å². The minimum absolute atomic E-state index is 0.208. The fraction of sp³-hybridized carbons (Fsp3) is 0.286. The van der Waals surface area contributed by atoms with E-state index in [1.807, 2.05) is 13.0 Å². The first-order valence-electron chi connectivity index (χ1n) is 3.01. The molecule has 1 heterocycles. The third-order valence-corrected chi connectivity index (χ3v) is 1.34. The van der Waals surface area contributed by atoms with E-state index in [0.29, 0.717) is 0 Å². The summed E-state index contributed by atoms with van der Waals surface area (Å²) in [5, 5.41) is 8.12. The summed E-state index contributed by atoms with van der Waals surface area (Å²) in [4.78, 5) is 7.98. The molecule has 1 N–H and O–H groups in total. The molecule has 0 aliphatic heterocycles. The fourth-order valence-electron chi connectivity index (χ4n) is 0.740. The van der Waals surface area contributed by atoms with E-state index in [9.17, 15) is 0 Å². The summed E-state index contributed by atoms with van der Waals surface area (Å²) in [6, 6.07) is 3.67. The second-order valence-electron chi connectivity index (χ2n) is 2.02. The highest BCUT2D eigenvalue weighted by Gasteiger charge is 1.95. The normalized spacial score (nSPS) is 9.80. The second kappa shape index (κ2) is 3.29. The van der Waals surface area contributed by atoms with Crippen LogP contribution in [-0.4, -0.2) is 10.2 Å². The largest absolute Gasteiger partial charge is 0.261 e. The van der Waals surface area contributed by atoms with Gasteiger partial charge >= 0.3 is 0 Å². The van der Waals surface area contributed by atoms with E-state index in [1.165, 1.54) is 0 Å². The van der Waals surface area contributed by atoms with Gasteiger partial charge in [0.05, 0.1) is 0 Å². The minimum atomic E-state index is 0.208. The quantitative estimate of drug-likeness (QED) is 0.497. The molecule has 0 atom stereocenters. The molecule has 1 rings (SSSR count). The molecule has 0 bridgehead atoms. The summed E-state index contributed by atoms with van der Waals surface area (Å²) >= 11 is 0. The molecule has 0 amide bonds. The van der Waals surface area contributed by atoms with Gasteiger partial charge in [0.15, 0.2) is 0 Å². The molecule has 0 aromatic carbocycles. The van der Waals surface area contributed by atoms with Crippen LogP contribution in [0, 0.1) is 6.92 Å². The molecule has 0 fully saturated rings. The van der Waals surface area contributed by atoms with Gasteiger partial charge in [-0.3, -0.25) is 10.2 Å². The Kier molecular flexibility index (Phi) is 2.36. The van der Waals surface area contributed by atoms with Crippen molar-refractivity contribution < 1.29 is 10.1 Å². The highest BCUT2D eigenvalue weighted by Crippen LogP contribution is 2.03. The molecule has 0 saturated heterocycles. The summed E-state index contributed by atoms with van der Waals surface area (Å²) < 4.78 is 0. The van der Waals surface area contributed by atoms with Gasteiger partial charge in [0.1, 0.15) is 6.61 Å². The summed E-state index contributed by atoms with van der Waals surface area (Å²) in [6.45, 7) is 2.08. The van der Waals surface area contributed by atoms with Crippen LogP contribution in [0.5, 0.6) is 0 Å². The molecule has 0 saturated carbocycles. The van der Waals surface area contributed by atoms with Crippen LogP contribution in [0.4, 0.5) is 0 Å². The number of pyridine rings is 1. The Balaban J connectivity index is 2.81. The number of aromatic nitrogens is 1. The number of hydrogen-bond donors (Lipinski definition) is 1. The molecule has 54 valence electrons. The molecule has 0 unspecified atom stereocenters. The van der Waals surface area contributed by atoms with Crippen LogP contribution in [0.1, 0.15) is 11.3 Å². The lowest BCUT2D eigenvalue weighted by atomic mass is 10.2. The third kappa shape index (κ3) is 1.52. The molecule has 3 heteroatoms. The van der Waals surface area contributed by atoms with Crippen LogP contribution in [0.25, 0.3) is 0 Å².